The summed E-state index contributed by atoms with van der Waals surface area (Å²) in [4.78, 5) is 19.6. The molecule has 0 bridgehead atoms. The molecule has 1 aliphatic rings. The topological polar surface area (TPSA) is 60.3 Å². The van der Waals surface area contributed by atoms with Gasteiger partial charge in [-0.05, 0) is 81.8 Å². The highest BCUT2D eigenvalue weighted by Crippen LogP contribution is 2.22. The van der Waals surface area contributed by atoms with Gasteiger partial charge >= 0.3 is 0 Å². The molecule has 4 rings (SSSR count). The van der Waals surface area contributed by atoms with Crippen LogP contribution in [0.25, 0.3) is 11.4 Å². The average Bonchev–Trinajstić information content (AvgIpc) is 2.73. The van der Waals surface area contributed by atoms with Crippen molar-refractivity contribution in [3.05, 3.63) is 75.8 Å². The summed E-state index contributed by atoms with van der Waals surface area (Å²) in [7, 11) is 0. The van der Waals surface area contributed by atoms with Crippen LogP contribution in [-0.4, -0.2) is 27.3 Å². The van der Waals surface area contributed by atoms with Crippen molar-refractivity contribution in [3.63, 3.8) is 0 Å². The van der Waals surface area contributed by atoms with Crippen LogP contribution in [0.15, 0.2) is 47.6 Å². The van der Waals surface area contributed by atoms with Gasteiger partial charge in [-0.2, -0.15) is 0 Å². The van der Waals surface area contributed by atoms with E-state index in [9.17, 15) is 0 Å². The number of aryl methyl sites for hydroxylation is 4. The summed E-state index contributed by atoms with van der Waals surface area (Å²) < 4.78 is 0. The van der Waals surface area contributed by atoms with Crippen molar-refractivity contribution in [1.82, 2.24) is 15.0 Å². The molecular weight excluding hydrogens is 396 g/mol. The molecule has 3 aromatic heterocycles. The third kappa shape index (κ3) is 5.03. The SMILES string of the molecule is Cc1cc(Cl)cc(-c2cccc(CCCO/N=C3\CCCc4ccc(C)nc43)n2)n1. The molecule has 0 fully saturated rings. The van der Waals surface area contributed by atoms with E-state index in [0.29, 0.717) is 11.6 Å². The largest absolute Gasteiger partial charge is 0.396 e. The van der Waals surface area contributed by atoms with Crippen LogP contribution in [0, 0.1) is 13.8 Å². The molecule has 1 aliphatic carbocycles. The van der Waals surface area contributed by atoms with E-state index in [4.69, 9.17) is 21.4 Å². The standard InChI is InChI=1S/C24H25ClN4O/c1-16-11-12-18-6-3-10-22(24(18)27-16)29-30-13-5-8-20-7-4-9-21(28-20)23-15-19(25)14-17(2)26-23/h4,7,9,11-12,14-15H,3,5-6,8,10,13H2,1-2H3/b29-22+. The van der Waals surface area contributed by atoms with E-state index in [0.717, 1.165) is 72.0 Å². The van der Waals surface area contributed by atoms with Crippen molar-refractivity contribution in [2.24, 2.45) is 5.16 Å². The van der Waals surface area contributed by atoms with Gasteiger partial charge in [-0.25, -0.2) is 0 Å². The third-order valence-electron chi connectivity index (χ3n) is 5.08. The Hall–Kier alpha value is -2.79. The van der Waals surface area contributed by atoms with Crippen LogP contribution in [-0.2, 0) is 17.7 Å². The smallest absolute Gasteiger partial charge is 0.117 e. The van der Waals surface area contributed by atoms with Gasteiger partial charge in [0.25, 0.3) is 0 Å². The van der Waals surface area contributed by atoms with Crippen LogP contribution in [0.3, 0.4) is 0 Å². The second kappa shape index (κ2) is 9.35. The number of halogens is 1. The first kappa shape index (κ1) is 20.5. The van der Waals surface area contributed by atoms with Crippen LogP contribution in [0.4, 0.5) is 0 Å². The molecule has 6 heteroatoms. The van der Waals surface area contributed by atoms with E-state index < -0.39 is 0 Å². The molecule has 0 atom stereocenters. The maximum atomic E-state index is 6.16. The van der Waals surface area contributed by atoms with Gasteiger partial charge in [-0.15, -0.1) is 0 Å². The predicted molar refractivity (Wildman–Crippen MR) is 120 cm³/mol. The maximum Gasteiger partial charge on any atom is 0.117 e. The summed E-state index contributed by atoms with van der Waals surface area (Å²) in [5, 5.41) is 5.06. The summed E-state index contributed by atoms with van der Waals surface area (Å²) in [6, 6.07) is 13.9. The van der Waals surface area contributed by atoms with Crippen LogP contribution in [0.5, 0.6) is 0 Å². The molecule has 0 radical (unpaired) electrons. The summed E-state index contributed by atoms with van der Waals surface area (Å²) in [6.07, 6.45) is 4.72. The molecule has 154 valence electrons. The summed E-state index contributed by atoms with van der Waals surface area (Å²) in [5.74, 6) is 0. The van der Waals surface area contributed by atoms with Crippen LogP contribution in [0.1, 0.15) is 47.6 Å². The minimum Gasteiger partial charge on any atom is -0.396 e. The zero-order valence-corrected chi connectivity index (χ0v) is 18.1. The summed E-state index contributed by atoms with van der Waals surface area (Å²) in [5.41, 5.74) is 7.75. The van der Waals surface area contributed by atoms with Crippen LogP contribution >= 0.6 is 11.6 Å². The molecule has 3 aromatic rings. The molecule has 5 nitrogen and oxygen atoms in total. The van der Waals surface area contributed by atoms with Crippen molar-refractivity contribution >= 4 is 17.3 Å². The van der Waals surface area contributed by atoms with Gasteiger partial charge in [0, 0.05) is 22.1 Å². The molecule has 3 heterocycles. The fourth-order valence-corrected chi connectivity index (χ4v) is 3.91. The highest BCUT2D eigenvalue weighted by molar-refractivity contribution is 6.30. The Morgan fingerprint density at radius 2 is 1.87 bits per heavy atom. The van der Waals surface area contributed by atoms with Crippen molar-refractivity contribution in [3.8, 4) is 11.4 Å². The van der Waals surface area contributed by atoms with Crippen molar-refractivity contribution in [2.45, 2.75) is 46.0 Å². The van der Waals surface area contributed by atoms with Gasteiger partial charge in [-0.1, -0.05) is 28.9 Å². The Kier molecular flexibility index (Phi) is 6.38. The summed E-state index contributed by atoms with van der Waals surface area (Å²) >= 11 is 6.16. The van der Waals surface area contributed by atoms with Gasteiger partial charge in [0.1, 0.15) is 12.3 Å². The normalized spacial score (nSPS) is 14.6. The lowest BCUT2D eigenvalue weighted by atomic mass is 9.94. The van der Waals surface area contributed by atoms with Gasteiger partial charge < -0.3 is 4.84 Å². The Morgan fingerprint density at radius 3 is 2.73 bits per heavy atom. The molecule has 0 spiro atoms. The van der Waals surface area contributed by atoms with E-state index in [1.165, 1.54) is 5.56 Å². The monoisotopic (exact) mass is 420 g/mol. The lowest BCUT2D eigenvalue weighted by Crippen LogP contribution is -2.15. The molecule has 0 aliphatic heterocycles. The number of rotatable bonds is 6. The Balaban J connectivity index is 1.35. The molecule has 0 N–H and O–H groups in total. The Morgan fingerprint density at radius 1 is 0.967 bits per heavy atom. The van der Waals surface area contributed by atoms with Crippen molar-refractivity contribution in [2.75, 3.05) is 6.61 Å². The lowest BCUT2D eigenvalue weighted by molar-refractivity contribution is 0.141. The number of fused-ring (bicyclic) bond motifs is 1. The second-order valence-corrected chi connectivity index (χ2v) is 8.05. The molecule has 0 amide bonds. The molecular formula is C24H25ClN4O. The van der Waals surface area contributed by atoms with Crippen LogP contribution < -0.4 is 0 Å². The average molecular weight is 421 g/mol. The Labute approximate surface area is 182 Å². The maximum absolute atomic E-state index is 6.16. The fraction of sp³-hybridized carbons (Fsp3) is 0.333. The molecule has 30 heavy (non-hydrogen) atoms. The Bertz CT molecular complexity index is 1060. The minimum absolute atomic E-state index is 0.547. The summed E-state index contributed by atoms with van der Waals surface area (Å²) in [6.45, 7) is 4.49. The quantitative estimate of drug-likeness (QED) is 0.390. The minimum atomic E-state index is 0.547. The number of pyridine rings is 3. The number of hydrogen-bond donors (Lipinski definition) is 0. The van der Waals surface area contributed by atoms with Gasteiger partial charge in [-0.3, -0.25) is 15.0 Å². The molecule has 0 aromatic carbocycles. The highest BCUT2D eigenvalue weighted by atomic mass is 35.5. The second-order valence-electron chi connectivity index (χ2n) is 7.61. The number of hydrogen-bond acceptors (Lipinski definition) is 5. The molecule has 0 saturated heterocycles. The first-order chi connectivity index (χ1) is 14.6. The zero-order valence-electron chi connectivity index (χ0n) is 17.4. The first-order valence-electron chi connectivity index (χ1n) is 10.3. The van der Waals surface area contributed by atoms with E-state index in [2.05, 4.69) is 27.3 Å². The van der Waals surface area contributed by atoms with Crippen molar-refractivity contribution in [1.29, 1.82) is 0 Å². The van der Waals surface area contributed by atoms with Gasteiger partial charge in [0.2, 0.25) is 0 Å². The van der Waals surface area contributed by atoms with E-state index >= 15 is 0 Å². The zero-order chi connectivity index (χ0) is 20.9. The highest BCUT2D eigenvalue weighted by Gasteiger charge is 2.17. The fourth-order valence-electron chi connectivity index (χ4n) is 3.65. The van der Waals surface area contributed by atoms with E-state index in [-0.39, 0.29) is 0 Å². The first-order valence-corrected chi connectivity index (χ1v) is 10.7. The third-order valence-corrected chi connectivity index (χ3v) is 5.30. The lowest BCUT2D eigenvalue weighted by Gasteiger charge is -2.16. The van der Waals surface area contributed by atoms with Gasteiger partial charge in [0.05, 0.1) is 17.1 Å². The van der Waals surface area contributed by atoms with E-state index in [1.54, 1.807) is 0 Å². The van der Waals surface area contributed by atoms with E-state index in [1.807, 2.05) is 44.2 Å². The molecule has 0 saturated carbocycles. The van der Waals surface area contributed by atoms with Crippen molar-refractivity contribution < 1.29 is 4.84 Å². The van der Waals surface area contributed by atoms with Gasteiger partial charge in [0.15, 0.2) is 0 Å². The van der Waals surface area contributed by atoms with Crippen LogP contribution in [0.2, 0.25) is 5.02 Å². The number of oxime groups is 1. The number of aromatic nitrogens is 3. The predicted octanol–water partition coefficient (Wildman–Crippen LogP) is 5.50. The molecule has 0 unspecified atom stereocenters. The number of nitrogens with zero attached hydrogens (tertiary/aromatic N) is 4.